The lowest BCUT2D eigenvalue weighted by atomic mass is 9.90. The van der Waals surface area contributed by atoms with Gasteiger partial charge in [0.25, 0.3) is 0 Å². The van der Waals surface area contributed by atoms with Gasteiger partial charge in [0.2, 0.25) is 0 Å². The van der Waals surface area contributed by atoms with E-state index in [9.17, 15) is 0 Å². The van der Waals surface area contributed by atoms with Crippen molar-refractivity contribution in [2.75, 3.05) is 13.1 Å². The van der Waals surface area contributed by atoms with E-state index in [-0.39, 0.29) is 5.54 Å². The van der Waals surface area contributed by atoms with Crippen molar-refractivity contribution in [1.29, 1.82) is 0 Å². The van der Waals surface area contributed by atoms with Gasteiger partial charge in [0, 0.05) is 43.5 Å². The highest BCUT2D eigenvalue weighted by Gasteiger charge is 2.35. The van der Waals surface area contributed by atoms with Crippen molar-refractivity contribution in [2.24, 2.45) is 5.92 Å². The lowest BCUT2D eigenvalue weighted by molar-refractivity contribution is 0.0527. The Hall–Kier alpha value is -0.870. The van der Waals surface area contributed by atoms with Crippen LogP contribution in [-0.2, 0) is 6.54 Å². The first kappa shape index (κ1) is 16.5. The molecule has 0 aromatic carbocycles. The Morgan fingerprint density at radius 3 is 2.62 bits per heavy atom. The van der Waals surface area contributed by atoms with E-state index >= 15 is 0 Å². The maximum Gasteiger partial charge on any atom is 0.0765 e. The van der Waals surface area contributed by atoms with Gasteiger partial charge in [-0.05, 0) is 39.2 Å². The number of rotatable bonds is 5. The minimum Gasteiger partial charge on any atom is -0.309 e. The molecule has 0 spiro atoms. The highest BCUT2D eigenvalue weighted by Crippen LogP contribution is 2.24. The fourth-order valence-electron chi connectivity index (χ4n) is 3.13. The maximum atomic E-state index is 4.73. The molecule has 0 bridgehead atoms. The molecule has 1 N–H and O–H groups in total. The molecule has 4 nitrogen and oxygen atoms in total. The second kappa shape index (κ2) is 6.49. The monoisotopic (exact) mass is 292 g/mol. The molecular weight excluding hydrogens is 260 g/mol. The summed E-state index contributed by atoms with van der Waals surface area (Å²) in [7, 11) is 0. The Kier molecular flexibility index (Phi) is 5.10. The van der Waals surface area contributed by atoms with Gasteiger partial charge < -0.3 is 5.32 Å². The van der Waals surface area contributed by atoms with Gasteiger partial charge in [-0.1, -0.05) is 20.8 Å². The molecule has 1 saturated heterocycles. The molecule has 120 valence electrons. The zero-order chi connectivity index (χ0) is 15.6. The third-order valence-corrected chi connectivity index (χ3v) is 4.87. The second-order valence-corrected chi connectivity index (χ2v) is 7.39. The molecule has 4 heteroatoms. The average Bonchev–Trinajstić information content (AvgIpc) is 2.87. The summed E-state index contributed by atoms with van der Waals surface area (Å²) < 4.78 is 2.06. The molecule has 1 aliphatic rings. The van der Waals surface area contributed by atoms with Crippen LogP contribution in [0.15, 0.2) is 12.3 Å². The van der Waals surface area contributed by atoms with Crippen LogP contribution < -0.4 is 5.32 Å². The van der Waals surface area contributed by atoms with Crippen LogP contribution in [0.1, 0.15) is 59.7 Å². The van der Waals surface area contributed by atoms with Crippen molar-refractivity contribution >= 4 is 0 Å². The molecule has 2 atom stereocenters. The number of hydrogen-bond donors (Lipinski definition) is 1. The first-order chi connectivity index (χ1) is 9.84. The predicted octanol–water partition coefficient (Wildman–Crippen LogP) is 3.06. The average molecular weight is 292 g/mol. The quantitative estimate of drug-likeness (QED) is 0.905. The van der Waals surface area contributed by atoms with Gasteiger partial charge in [-0.25, -0.2) is 0 Å². The van der Waals surface area contributed by atoms with E-state index in [1.807, 2.05) is 0 Å². The number of piperazine rings is 1. The summed E-state index contributed by atoms with van der Waals surface area (Å²) in [6.45, 7) is 16.7. The van der Waals surface area contributed by atoms with E-state index in [2.05, 4.69) is 68.7 Å². The zero-order valence-corrected chi connectivity index (χ0v) is 14.6. The van der Waals surface area contributed by atoms with Crippen molar-refractivity contribution in [3.63, 3.8) is 0 Å². The van der Waals surface area contributed by atoms with Crippen LogP contribution in [0, 0.1) is 5.92 Å². The minimum absolute atomic E-state index is 0.228. The molecule has 1 aliphatic heterocycles. The van der Waals surface area contributed by atoms with E-state index in [1.54, 1.807) is 0 Å². The van der Waals surface area contributed by atoms with Crippen LogP contribution in [0.25, 0.3) is 0 Å². The zero-order valence-electron chi connectivity index (χ0n) is 14.6. The van der Waals surface area contributed by atoms with Crippen molar-refractivity contribution in [1.82, 2.24) is 20.0 Å². The highest BCUT2D eigenvalue weighted by molar-refractivity contribution is 5.03. The second-order valence-electron chi connectivity index (χ2n) is 7.39. The summed E-state index contributed by atoms with van der Waals surface area (Å²) in [4.78, 5) is 2.62. The van der Waals surface area contributed by atoms with E-state index in [0.717, 1.165) is 26.1 Å². The largest absolute Gasteiger partial charge is 0.309 e. The molecular formula is C17H32N4. The third kappa shape index (κ3) is 3.86. The first-order valence-corrected chi connectivity index (χ1v) is 8.37. The van der Waals surface area contributed by atoms with Gasteiger partial charge in [0.05, 0.1) is 5.69 Å². The summed E-state index contributed by atoms with van der Waals surface area (Å²) in [6, 6.07) is 3.19. The lowest BCUT2D eigenvalue weighted by Crippen LogP contribution is -2.63. The molecule has 2 unspecified atom stereocenters. The van der Waals surface area contributed by atoms with E-state index in [4.69, 9.17) is 5.10 Å². The number of hydrogen-bond acceptors (Lipinski definition) is 3. The molecule has 1 aromatic rings. The Balaban J connectivity index is 2.11. The summed E-state index contributed by atoms with van der Waals surface area (Å²) >= 11 is 0. The van der Waals surface area contributed by atoms with Crippen LogP contribution in [0.2, 0.25) is 0 Å². The van der Waals surface area contributed by atoms with Gasteiger partial charge in [-0.2, -0.15) is 5.10 Å². The Morgan fingerprint density at radius 2 is 2.10 bits per heavy atom. The Bertz CT molecular complexity index is 451. The van der Waals surface area contributed by atoms with E-state index in [0.29, 0.717) is 18.0 Å². The fourth-order valence-corrected chi connectivity index (χ4v) is 3.13. The van der Waals surface area contributed by atoms with Crippen LogP contribution in [0.5, 0.6) is 0 Å². The summed E-state index contributed by atoms with van der Waals surface area (Å²) in [6.07, 6.45) is 3.26. The lowest BCUT2D eigenvalue weighted by Gasteiger charge is -2.47. The normalized spacial score (nSPS) is 27.7. The van der Waals surface area contributed by atoms with Gasteiger partial charge in [-0.15, -0.1) is 0 Å². The summed E-state index contributed by atoms with van der Waals surface area (Å²) in [5, 5.41) is 8.47. The maximum absolute atomic E-state index is 4.73. The number of aromatic nitrogens is 2. The standard InChI is InChI=1S/C17H32N4/c1-7-17(6)12-20(16(10-18-17)13(2)3)11-15-8-9-21(19-15)14(4)5/h8-9,13-14,16,18H,7,10-12H2,1-6H3. The predicted molar refractivity (Wildman–Crippen MR) is 88.3 cm³/mol. The van der Waals surface area contributed by atoms with E-state index < -0.39 is 0 Å². The van der Waals surface area contributed by atoms with Gasteiger partial charge >= 0.3 is 0 Å². The van der Waals surface area contributed by atoms with Crippen molar-refractivity contribution in [2.45, 2.75) is 72.1 Å². The number of nitrogens with one attached hydrogen (secondary N) is 1. The van der Waals surface area contributed by atoms with Crippen LogP contribution >= 0.6 is 0 Å². The Labute approximate surface area is 129 Å². The van der Waals surface area contributed by atoms with Crippen molar-refractivity contribution < 1.29 is 0 Å². The molecule has 0 amide bonds. The van der Waals surface area contributed by atoms with Crippen LogP contribution in [-0.4, -0.2) is 39.4 Å². The number of nitrogens with zero attached hydrogens (tertiary/aromatic N) is 3. The van der Waals surface area contributed by atoms with Crippen LogP contribution in [0.4, 0.5) is 0 Å². The third-order valence-electron chi connectivity index (χ3n) is 4.87. The topological polar surface area (TPSA) is 33.1 Å². The minimum atomic E-state index is 0.228. The summed E-state index contributed by atoms with van der Waals surface area (Å²) in [5.41, 5.74) is 1.42. The van der Waals surface area contributed by atoms with Gasteiger partial charge in [0.1, 0.15) is 0 Å². The van der Waals surface area contributed by atoms with Crippen molar-refractivity contribution in [3.8, 4) is 0 Å². The van der Waals surface area contributed by atoms with Crippen molar-refractivity contribution in [3.05, 3.63) is 18.0 Å². The SMILES string of the molecule is CCC1(C)CN(Cc2ccn(C(C)C)n2)C(C(C)C)CN1. The molecule has 2 heterocycles. The molecule has 21 heavy (non-hydrogen) atoms. The molecule has 1 fully saturated rings. The van der Waals surface area contributed by atoms with Gasteiger partial charge in [0.15, 0.2) is 0 Å². The Morgan fingerprint density at radius 1 is 1.38 bits per heavy atom. The summed E-state index contributed by atoms with van der Waals surface area (Å²) in [5.74, 6) is 0.658. The fraction of sp³-hybridized carbons (Fsp3) is 0.824. The first-order valence-electron chi connectivity index (χ1n) is 8.37. The molecule has 2 rings (SSSR count). The van der Waals surface area contributed by atoms with E-state index in [1.165, 1.54) is 5.69 Å². The van der Waals surface area contributed by atoms with Crippen LogP contribution in [0.3, 0.4) is 0 Å². The molecule has 0 radical (unpaired) electrons. The molecule has 0 aliphatic carbocycles. The molecule has 0 saturated carbocycles. The van der Waals surface area contributed by atoms with Gasteiger partial charge in [-0.3, -0.25) is 9.58 Å². The molecule has 1 aromatic heterocycles. The smallest absolute Gasteiger partial charge is 0.0765 e. The highest BCUT2D eigenvalue weighted by atomic mass is 15.3.